The summed E-state index contributed by atoms with van der Waals surface area (Å²) >= 11 is 0. The Hall–Kier alpha value is -2.32. The lowest BCUT2D eigenvalue weighted by atomic mass is 10.1. The van der Waals surface area contributed by atoms with E-state index in [0.717, 1.165) is 5.56 Å². The first-order valence-corrected chi connectivity index (χ1v) is 8.93. The number of carboxylic acid groups (broad SMARTS) is 1. The summed E-state index contributed by atoms with van der Waals surface area (Å²) in [6, 6.07) is 5.60. The van der Waals surface area contributed by atoms with Crippen molar-refractivity contribution in [3.05, 3.63) is 23.8 Å². The lowest BCUT2D eigenvalue weighted by molar-refractivity contribution is -0.142. The zero-order valence-corrected chi connectivity index (χ0v) is 16.1. The Morgan fingerprint density at radius 3 is 2.52 bits per heavy atom. The quantitative estimate of drug-likeness (QED) is 0.680. The molecule has 1 atom stereocenters. The lowest BCUT2D eigenvalue weighted by Crippen LogP contribution is -2.49. The van der Waals surface area contributed by atoms with Crippen LogP contribution in [0.25, 0.3) is 0 Å². The highest BCUT2D eigenvalue weighted by Gasteiger charge is 2.25. The largest absolute Gasteiger partial charge is 0.497 e. The van der Waals surface area contributed by atoms with Gasteiger partial charge in [0.1, 0.15) is 11.5 Å². The Kier molecular flexibility index (Phi) is 7.87. The molecule has 1 amide bonds. The molecule has 150 valence electrons. The summed E-state index contributed by atoms with van der Waals surface area (Å²) in [4.78, 5) is 26.8. The van der Waals surface area contributed by atoms with E-state index in [9.17, 15) is 9.59 Å². The van der Waals surface area contributed by atoms with E-state index < -0.39 is 5.97 Å². The van der Waals surface area contributed by atoms with Gasteiger partial charge in [-0.15, -0.1) is 0 Å². The van der Waals surface area contributed by atoms with Gasteiger partial charge in [0, 0.05) is 32.1 Å². The molecule has 1 fully saturated rings. The van der Waals surface area contributed by atoms with Gasteiger partial charge in [-0.3, -0.25) is 14.5 Å². The van der Waals surface area contributed by atoms with Crippen LogP contribution in [0.15, 0.2) is 18.2 Å². The van der Waals surface area contributed by atoms with Crippen LogP contribution >= 0.6 is 0 Å². The molecular formula is C19H28N2O6. The summed E-state index contributed by atoms with van der Waals surface area (Å²) in [5.74, 6) is 0.579. The Morgan fingerprint density at radius 1 is 1.26 bits per heavy atom. The maximum absolute atomic E-state index is 12.6. The smallest absolute Gasteiger partial charge is 0.317 e. The van der Waals surface area contributed by atoms with Crippen LogP contribution in [-0.2, 0) is 20.7 Å². The molecule has 0 saturated carbocycles. The fraction of sp³-hybridized carbons (Fsp3) is 0.579. The van der Waals surface area contributed by atoms with Gasteiger partial charge in [0.2, 0.25) is 5.91 Å². The van der Waals surface area contributed by atoms with E-state index in [1.54, 1.807) is 37.1 Å². The number of morpholine rings is 1. The Balaban J connectivity index is 1.87. The van der Waals surface area contributed by atoms with Crippen LogP contribution in [0.1, 0.15) is 12.0 Å². The molecule has 1 saturated heterocycles. The highest BCUT2D eigenvalue weighted by Crippen LogP contribution is 2.23. The Labute approximate surface area is 159 Å². The second kappa shape index (κ2) is 10.1. The minimum Gasteiger partial charge on any atom is -0.497 e. The number of carboxylic acids is 1. The van der Waals surface area contributed by atoms with E-state index in [2.05, 4.69) is 0 Å². The van der Waals surface area contributed by atoms with Crippen LogP contribution < -0.4 is 9.47 Å². The molecule has 0 aliphatic carbocycles. The molecule has 1 aromatic carbocycles. The van der Waals surface area contributed by atoms with Crippen molar-refractivity contribution in [1.82, 2.24) is 9.80 Å². The number of likely N-dealkylation sites (N-methyl/N-ethyl adjacent to an activating group) is 1. The number of ether oxygens (including phenoxy) is 3. The summed E-state index contributed by atoms with van der Waals surface area (Å²) in [5.41, 5.74) is 0.977. The molecular weight excluding hydrogens is 352 g/mol. The van der Waals surface area contributed by atoms with Crippen molar-refractivity contribution < 1.29 is 28.9 Å². The third-order valence-electron chi connectivity index (χ3n) is 4.45. The van der Waals surface area contributed by atoms with E-state index in [1.807, 2.05) is 12.1 Å². The third-order valence-corrected chi connectivity index (χ3v) is 4.45. The molecule has 0 spiro atoms. The SMILES string of the molecule is COc1cc(CCC(=O)N2CCOC(CN(C)CC(=O)O)C2)cc(OC)c1. The van der Waals surface area contributed by atoms with E-state index >= 15 is 0 Å². The molecule has 1 unspecified atom stereocenters. The van der Waals surface area contributed by atoms with Gasteiger partial charge >= 0.3 is 5.97 Å². The molecule has 1 heterocycles. The first-order valence-electron chi connectivity index (χ1n) is 8.93. The summed E-state index contributed by atoms with van der Waals surface area (Å²) in [5, 5.41) is 8.84. The molecule has 0 bridgehead atoms. The summed E-state index contributed by atoms with van der Waals surface area (Å²) in [6.07, 6.45) is 0.797. The predicted octanol–water partition coefficient (Wildman–Crippen LogP) is 0.880. The fourth-order valence-electron chi connectivity index (χ4n) is 3.12. The van der Waals surface area contributed by atoms with Crippen molar-refractivity contribution in [1.29, 1.82) is 0 Å². The third kappa shape index (κ3) is 6.73. The van der Waals surface area contributed by atoms with Gasteiger partial charge in [0.15, 0.2) is 0 Å². The van der Waals surface area contributed by atoms with Crippen molar-refractivity contribution in [2.45, 2.75) is 18.9 Å². The van der Waals surface area contributed by atoms with Crippen molar-refractivity contribution in [2.24, 2.45) is 0 Å². The van der Waals surface area contributed by atoms with Crippen LogP contribution in [0, 0.1) is 0 Å². The first-order chi connectivity index (χ1) is 12.9. The molecule has 1 aliphatic rings. The number of hydrogen-bond acceptors (Lipinski definition) is 6. The van der Waals surface area contributed by atoms with Crippen LogP contribution in [0.4, 0.5) is 0 Å². The summed E-state index contributed by atoms with van der Waals surface area (Å²) in [6.45, 7) is 1.92. The molecule has 8 heteroatoms. The zero-order chi connectivity index (χ0) is 19.8. The minimum absolute atomic E-state index is 0.0501. The van der Waals surface area contributed by atoms with Gasteiger partial charge in [-0.25, -0.2) is 0 Å². The first kappa shape index (κ1) is 21.0. The molecule has 0 radical (unpaired) electrons. The number of hydrogen-bond donors (Lipinski definition) is 1. The van der Waals surface area contributed by atoms with Gasteiger partial charge in [-0.2, -0.15) is 0 Å². The van der Waals surface area contributed by atoms with E-state index in [-0.39, 0.29) is 18.6 Å². The van der Waals surface area contributed by atoms with Gasteiger partial charge < -0.3 is 24.2 Å². The minimum atomic E-state index is -0.880. The van der Waals surface area contributed by atoms with Gasteiger partial charge in [-0.1, -0.05) is 0 Å². The lowest BCUT2D eigenvalue weighted by Gasteiger charge is -2.34. The van der Waals surface area contributed by atoms with Crippen molar-refractivity contribution in [2.75, 3.05) is 54.1 Å². The van der Waals surface area contributed by atoms with E-state index in [4.69, 9.17) is 19.3 Å². The van der Waals surface area contributed by atoms with Gasteiger partial charge in [0.25, 0.3) is 0 Å². The van der Waals surface area contributed by atoms with Crippen LogP contribution in [0.5, 0.6) is 11.5 Å². The maximum atomic E-state index is 12.6. The molecule has 1 N–H and O–H groups in total. The topological polar surface area (TPSA) is 88.5 Å². The van der Waals surface area contributed by atoms with Crippen molar-refractivity contribution >= 4 is 11.9 Å². The maximum Gasteiger partial charge on any atom is 0.317 e. The average Bonchev–Trinajstić information content (AvgIpc) is 2.65. The second-order valence-electron chi connectivity index (χ2n) is 6.64. The molecule has 0 aromatic heterocycles. The summed E-state index contributed by atoms with van der Waals surface area (Å²) in [7, 11) is 4.92. The highest BCUT2D eigenvalue weighted by molar-refractivity contribution is 5.76. The zero-order valence-electron chi connectivity index (χ0n) is 16.1. The fourth-order valence-corrected chi connectivity index (χ4v) is 3.12. The van der Waals surface area contributed by atoms with Crippen LogP contribution in [0.2, 0.25) is 0 Å². The van der Waals surface area contributed by atoms with Crippen molar-refractivity contribution in [3.63, 3.8) is 0 Å². The normalized spacial score (nSPS) is 17.0. The standard InChI is InChI=1S/C19H28N2O6/c1-20(13-19(23)24)11-17-12-21(6-7-27-17)18(22)5-4-14-8-15(25-2)10-16(9-14)26-3/h8-10,17H,4-7,11-13H2,1-3H3,(H,23,24). The Morgan fingerprint density at radius 2 is 1.93 bits per heavy atom. The second-order valence-corrected chi connectivity index (χ2v) is 6.64. The number of benzene rings is 1. The number of aryl methyl sites for hydroxylation is 1. The number of nitrogens with zero attached hydrogens (tertiary/aromatic N) is 2. The number of methoxy groups -OCH3 is 2. The molecule has 2 rings (SSSR count). The van der Waals surface area contributed by atoms with Gasteiger partial charge in [0.05, 0.1) is 33.5 Å². The summed E-state index contributed by atoms with van der Waals surface area (Å²) < 4.78 is 16.2. The van der Waals surface area contributed by atoms with E-state index in [1.165, 1.54) is 0 Å². The van der Waals surface area contributed by atoms with E-state index in [0.29, 0.717) is 50.6 Å². The number of aliphatic carboxylic acids is 1. The van der Waals surface area contributed by atoms with Crippen LogP contribution in [-0.4, -0.2) is 86.9 Å². The number of amides is 1. The molecule has 1 aromatic rings. The molecule has 8 nitrogen and oxygen atoms in total. The van der Waals surface area contributed by atoms with Crippen LogP contribution in [0.3, 0.4) is 0 Å². The molecule has 27 heavy (non-hydrogen) atoms. The van der Waals surface area contributed by atoms with Gasteiger partial charge in [-0.05, 0) is 31.2 Å². The number of carbonyl (C=O) groups excluding carboxylic acids is 1. The number of carbonyl (C=O) groups is 2. The monoisotopic (exact) mass is 380 g/mol. The average molecular weight is 380 g/mol. The Bertz CT molecular complexity index is 629. The molecule has 1 aliphatic heterocycles. The highest BCUT2D eigenvalue weighted by atomic mass is 16.5. The number of rotatable bonds is 9. The predicted molar refractivity (Wildman–Crippen MR) is 99.3 cm³/mol. The van der Waals surface area contributed by atoms with Crippen molar-refractivity contribution in [3.8, 4) is 11.5 Å².